The summed E-state index contributed by atoms with van der Waals surface area (Å²) in [5, 5.41) is 8.48. The van der Waals surface area contributed by atoms with E-state index in [-0.39, 0.29) is 18.8 Å². The summed E-state index contributed by atoms with van der Waals surface area (Å²) in [6.45, 7) is 0.0778. The van der Waals surface area contributed by atoms with Gasteiger partial charge in [0.25, 0.3) is 0 Å². The fraction of sp³-hybridized carbons (Fsp3) is 0.300. The number of para-hydroxylation sites is 1. The smallest absolute Gasteiger partial charge is 0.320 e. The molecule has 82 valence electrons. The number of carboxylic acids is 1. The zero-order chi connectivity index (χ0) is 11.3. The molecule has 3 N–H and O–H groups in total. The minimum Gasteiger partial charge on any atom is -0.490 e. The highest BCUT2D eigenvalue weighted by molar-refractivity contribution is 5.72. The number of hydrogen-bond acceptors (Lipinski definition) is 3. The minimum absolute atomic E-state index is 0.0778. The second-order valence-electron chi connectivity index (χ2n) is 3.01. The Morgan fingerprint density at radius 3 is 2.80 bits per heavy atom. The third kappa shape index (κ3) is 3.55. The average molecular weight is 213 g/mol. The molecule has 0 aliphatic heterocycles. The molecule has 0 spiro atoms. The number of carboxylic acid groups (broad SMARTS) is 1. The Labute approximate surface area is 86.5 Å². The summed E-state index contributed by atoms with van der Waals surface area (Å²) in [4.78, 5) is 10.4. The first-order valence-electron chi connectivity index (χ1n) is 4.47. The van der Waals surface area contributed by atoms with Gasteiger partial charge in [-0.05, 0) is 12.1 Å². The topological polar surface area (TPSA) is 72.5 Å². The molecule has 0 aliphatic rings. The maximum absolute atomic E-state index is 13.0. The van der Waals surface area contributed by atoms with E-state index in [0.29, 0.717) is 0 Å². The molecule has 0 aromatic heterocycles. The number of hydrogen-bond donors (Lipinski definition) is 2. The van der Waals surface area contributed by atoms with Crippen LogP contribution in [-0.4, -0.2) is 23.7 Å². The first kappa shape index (κ1) is 11.5. The molecule has 1 aromatic carbocycles. The van der Waals surface area contributed by atoms with Crippen LogP contribution >= 0.6 is 0 Å². The summed E-state index contributed by atoms with van der Waals surface area (Å²) in [6, 6.07) is 4.95. The molecule has 0 aliphatic carbocycles. The lowest BCUT2D eigenvalue weighted by Crippen LogP contribution is -2.31. The molecule has 0 saturated carbocycles. The van der Waals surface area contributed by atoms with Gasteiger partial charge < -0.3 is 15.6 Å². The fourth-order valence-electron chi connectivity index (χ4n) is 0.981. The first-order chi connectivity index (χ1) is 7.11. The maximum Gasteiger partial charge on any atom is 0.320 e. The van der Waals surface area contributed by atoms with Crippen molar-refractivity contribution in [2.45, 2.75) is 12.5 Å². The van der Waals surface area contributed by atoms with Gasteiger partial charge in [0.05, 0.1) is 6.61 Å². The van der Waals surface area contributed by atoms with Gasteiger partial charge in [-0.2, -0.15) is 0 Å². The standard InChI is InChI=1S/C10H12FNO3/c11-7-3-1-2-4-9(7)15-6-5-8(12)10(13)14/h1-4,8H,5-6,12H2,(H,13,14)/t8-/m0/s1. The van der Waals surface area contributed by atoms with Crippen LogP contribution in [0.3, 0.4) is 0 Å². The third-order valence-electron chi connectivity index (χ3n) is 1.84. The fourth-order valence-corrected chi connectivity index (χ4v) is 0.981. The molecular formula is C10H12FNO3. The molecule has 15 heavy (non-hydrogen) atoms. The van der Waals surface area contributed by atoms with Crippen molar-refractivity contribution in [3.8, 4) is 5.75 Å². The first-order valence-corrected chi connectivity index (χ1v) is 4.47. The normalized spacial score (nSPS) is 12.1. The van der Waals surface area contributed by atoms with Crippen LogP contribution in [-0.2, 0) is 4.79 Å². The lowest BCUT2D eigenvalue weighted by Gasteiger charge is -2.08. The van der Waals surface area contributed by atoms with E-state index in [1.165, 1.54) is 12.1 Å². The molecule has 1 atom stereocenters. The lowest BCUT2D eigenvalue weighted by atomic mass is 10.2. The Hall–Kier alpha value is -1.62. The molecule has 5 heteroatoms. The summed E-state index contributed by atoms with van der Waals surface area (Å²) in [5.41, 5.74) is 5.25. The van der Waals surface area contributed by atoms with Gasteiger partial charge in [0.1, 0.15) is 6.04 Å². The van der Waals surface area contributed by atoms with Crippen LogP contribution in [0.4, 0.5) is 4.39 Å². The largest absolute Gasteiger partial charge is 0.490 e. The quantitative estimate of drug-likeness (QED) is 0.765. The summed E-state index contributed by atoms with van der Waals surface area (Å²) in [6.07, 6.45) is 0.143. The molecule has 0 unspecified atom stereocenters. The third-order valence-corrected chi connectivity index (χ3v) is 1.84. The molecule has 1 rings (SSSR count). The number of nitrogens with two attached hydrogens (primary N) is 1. The number of rotatable bonds is 5. The molecular weight excluding hydrogens is 201 g/mol. The van der Waals surface area contributed by atoms with Crippen LogP contribution in [0.5, 0.6) is 5.75 Å². The van der Waals surface area contributed by atoms with E-state index in [4.69, 9.17) is 15.6 Å². The summed E-state index contributed by atoms with van der Waals surface area (Å²) in [7, 11) is 0. The molecule has 0 saturated heterocycles. The predicted octanol–water partition coefficient (Wildman–Crippen LogP) is 1.01. The minimum atomic E-state index is -1.09. The summed E-state index contributed by atoms with van der Waals surface area (Å²) < 4.78 is 18.0. The number of aliphatic carboxylic acids is 1. The zero-order valence-electron chi connectivity index (χ0n) is 8.02. The van der Waals surface area contributed by atoms with E-state index < -0.39 is 17.8 Å². The van der Waals surface area contributed by atoms with Crippen molar-refractivity contribution in [3.05, 3.63) is 30.1 Å². The van der Waals surface area contributed by atoms with Crippen LogP contribution in [0.25, 0.3) is 0 Å². The Morgan fingerprint density at radius 1 is 1.53 bits per heavy atom. The summed E-state index contributed by atoms with van der Waals surface area (Å²) in [5.74, 6) is -1.45. The van der Waals surface area contributed by atoms with E-state index in [9.17, 15) is 9.18 Å². The van der Waals surface area contributed by atoms with Gasteiger partial charge in [-0.3, -0.25) is 4.79 Å². The van der Waals surface area contributed by atoms with Crippen molar-refractivity contribution in [1.82, 2.24) is 0 Å². The molecule has 0 heterocycles. The van der Waals surface area contributed by atoms with E-state index >= 15 is 0 Å². The molecule has 4 nitrogen and oxygen atoms in total. The van der Waals surface area contributed by atoms with Crippen molar-refractivity contribution in [2.24, 2.45) is 5.73 Å². The van der Waals surface area contributed by atoms with E-state index in [0.717, 1.165) is 0 Å². The average Bonchev–Trinajstić information content (AvgIpc) is 2.20. The molecule has 0 radical (unpaired) electrons. The van der Waals surface area contributed by atoms with E-state index in [1.54, 1.807) is 12.1 Å². The lowest BCUT2D eigenvalue weighted by molar-refractivity contribution is -0.138. The van der Waals surface area contributed by atoms with Gasteiger partial charge in [0, 0.05) is 6.42 Å². The van der Waals surface area contributed by atoms with Crippen molar-refractivity contribution < 1.29 is 19.0 Å². The molecule has 0 fully saturated rings. The number of ether oxygens (including phenoxy) is 1. The Kier molecular flexibility index (Phi) is 4.05. The second-order valence-corrected chi connectivity index (χ2v) is 3.01. The van der Waals surface area contributed by atoms with Crippen LogP contribution in [0, 0.1) is 5.82 Å². The highest BCUT2D eigenvalue weighted by Crippen LogP contribution is 2.15. The van der Waals surface area contributed by atoms with Gasteiger partial charge in [-0.25, -0.2) is 4.39 Å². The monoisotopic (exact) mass is 213 g/mol. The maximum atomic E-state index is 13.0. The Balaban J connectivity index is 2.38. The number of benzene rings is 1. The molecule has 0 bridgehead atoms. The highest BCUT2D eigenvalue weighted by Gasteiger charge is 2.11. The van der Waals surface area contributed by atoms with Crippen molar-refractivity contribution in [2.75, 3.05) is 6.61 Å². The van der Waals surface area contributed by atoms with Crippen molar-refractivity contribution in [3.63, 3.8) is 0 Å². The van der Waals surface area contributed by atoms with Gasteiger partial charge in [0.15, 0.2) is 11.6 Å². The molecule has 0 amide bonds. The van der Waals surface area contributed by atoms with Crippen molar-refractivity contribution >= 4 is 5.97 Å². The van der Waals surface area contributed by atoms with Gasteiger partial charge in [-0.15, -0.1) is 0 Å². The molecule has 1 aromatic rings. The highest BCUT2D eigenvalue weighted by atomic mass is 19.1. The van der Waals surface area contributed by atoms with Crippen LogP contribution in [0.15, 0.2) is 24.3 Å². The number of halogens is 1. The zero-order valence-corrected chi connectivity index (χ0v) is 8.02. The SMILES string of the molecule is N[C@@H](CCOc1ccccc1F)C(=O)O. The van der Waals surface area contributed by atoms with E-state index in [1.807, 2.05) is 0 Å². The Morgan fingerprint density at radius 2 is 2.20 bits per heavy atom. The van der Waals surface area contributed by atoms with Gasteiger partial charge in [-0.1, -0.05) is 12.1 Å². The summed E-state index contributed by atoms with van der Waals surface area (Å²) >= 11 is 0. The second kappa shape index (κ2) is 5.31. The Bertz CT molecular complexity index is 343. The van der Waals surface area contributed by atoms with E-state index in [2.05, 4.69) is 0 Å². The van der Waals surface area contributed by atoms with Crippen LogP contribution < -0.4 is 10.5 Å². The van der Waals surface area contributed by atoms with Gasteiger partial charge >= 0.3 is 5.97 Å². The van der Waals surface area contributed by atoms with Crippen LogP contribution in [0.1, 0.15) is 6.42 Å². The predicted molar refractivity (Wildman–Crippen MR) is 52.1 cm³/mol. The van der Waals surface area contributed by atoms with Crippen molar-refractivity contribution in [1.29, 1.82) is 0 Å². The van der Waals surface area contributed by atoms with Gasteiger partial charge in [0.2, 0.25) is 0 Å². The number of carbonyl (C=O) groups is 1. The van der Waals surface area contributed by atoms with Crippen LogP contribution in [0.2, 0.25) is 0 Å².